The van der Waals surface area contributed by atoms with Gasteiger partial charge in [-0.2, -0.15) is 0 Å². The van der Waals surface area contributed by atoms with Gasteiger partial charge in [-0.3, -0.25) is 20.2 Å². The molecule has 0 aromatic heterocycles. The number of esters is 2. The zero-order valence-electron chi connectivity index (χ0n) is 17.7. The molecule has 12 nitrogen and oxygen atoms in total. The molecule has 1 heterocycles. The van der Waals surface area contributed by atoms with Crippen molar-refractivity contribution in [1.29, 1.82) is 0 Å². The van der Waals surface area contributed by atoms with Crippen LogP contribution in [0.4, 0.5) is 11.4 Å². The lowest BCUT2D eigenvalue weighted by Gasteiger charge is -2.29. The van der Waals surface area contributed by atoms with Crippen molar-refractivity contribution in [3.63, 3.8) is 0 Å². The van der Waals surface area contributed by atoms with Crippen LogP contribution in [-0.4, -0.2) is 34.2 Å². The summed E-state index contributed by atoms with van der Waals surface area (Å²) in [5.41, 5.74) is -1.02. The SMILES string of the molecule is CCOc1cc(C=C2C(=O)OC(C)(C)OC2=O)ccc1Oc1ccc([N+](=O)[O-])cc1[N+](=O)[O-]. The number of benzene rings is 2. The average molecular weight is 458 g/mol. The summed E-state index contributed by atoms with van der Waals surface area (Å²) in [5.74, 6) is -3.09. The highest BCUT2D eigenvalue weighted by molar-refractivity contribution is 6.18. The molecular weight excluding hydrogens is 440 g/mol. The van der Waals surface area contributed by atoms with Gasteiger partial charge < -0.3 is 18.9 Å². The van der Waals surface area contributed by atoms with Gasteiger partial charge in [0, 0.05) is 19.9 Å². The maximum atomic E-state index is 12.2. The largest absolute Gasteiger partial charge is 0.490 e. The Hall–Kier alpha value is -4.48. The molecule has 0 aliphatic carbocycles. The molecule has 2 aromatic rings. The van der Waals surface area contributed by atoms with Crippen LogP contribution in [-0.2, 0) is 19.1 Å². The minimum Gasteiger partial charge on any atom is -0.490 e. The Morgan fingerprint density at radius 1 is 0.939 bits per heavy atom. The average Bonchev–Trinajstić information content (AvgIpc) is 2.72. The van der Waals surface area contributed by atoms with Crippen molar-refractivity contribution in [3.05, 3.63) is 67.8 Å². The predicted molar refractivity (Wildman–Crippen MR) is 112 cm³/mol. The molecule has 0 spiro atoms. The van der Waals surface area contributed by atoms with E-state index in [1.165, 1.54) is 38.1 Å². The minimum absolute atomic E-state index is 0.0749. The number of nitro groups is 2. The first-order valence-corrected chi connectivity index (χ1v) is 9.56. The van der Waals surface area contributed by atoms with Crippen molar-refractivity contribution in [2.45, 2.75) is 26.6 Å². The third-order valence-corrected chi connectivity index (χ3v) is 4.27. The third kappa shape index (κ3) is 5.23. The highest BCUT2D eigenvalue weighted by atomic mass is 16.7. The van der Waals surface area contributed by atoms with Crippen LogP contribution in [0.25, 0.3) is 6.08 Å². The van der Waals surface area contributed by atoms with Gasteiger partial charge in [0.1, 0.15) is 5.57 Å². The number of carbonyl (C=O) groups excluding carboxylic acids is 2. The molecule has 172 valence electrons. The molecule has 0 radical (unpaired) electrons. The van der Waals surface area contributed by atoms with E-state index in [-0.39, 0.29) is 29.4 Å². The van der Waals surface area contributed by atoms with Crippen LogP contribution in [0.2, 0.25) is 0 Å². The Kier molecular flexibility index (Phi) is 6.28. The van der Waals surface area contributed by atoms with Crippen molar-refractivity contribution >= 4 is 29.4 Å². The molecule has 0 unspecified atom stereocenters. The lowest BCUT2D eigenvalue weighted by Crippen LogP contribution is -2.41. The quantitative estimate of drug-likeness (QED) is 0.196. The van der Waals surface area contributed by atoms with Gasteiger partial charge >= 0.3 is 17.6 Å². The van der Waals surface area contributed by atoms with E-state index in [0.717, 1.165) is 18.2 Å². The summed E-state index contributed by atoms with van der Waals surface area (Å²) in [4.78, 5) is 45.0. The van der Waals surface area contributed by atoms with Crippen LogP contribution in [0.5, 0.6) is 17.2 Å². The van der Waals surface area contributed by atoms with E-state index in [1.54, 1.807) is 6.92 Å². The van der Waals surface area contributed by atoms with Crippen LogP contribution in [0, 0.1) is 20.2 Å². The van der Waals surface area contributed by atoms with Crippen LogP contribution in [0.1, 0.15) is 26.3 Å². The molecule has 0 amide bonds. The maximum absolute atomic E-state index is 12.2. The fourth-order valence-corrected chi connectivity index (χ4v) is 2.88. The first kappa shape index (κ1) is 23.2. The molecule has 3 rings (SSSR count). The van der Waals surface area contributed by atoms with E-state index >= 15 is 0 Å². The molecular formula is C21H18N2O10. The lowest BCUT2D eigenvalue weighted by atomic mass is 10.1. The zero-order chi connectivity index (χ0) is 24.3. The van der Waals surface area contributed by atoms with Crippen molar-refractivity contribution in [3.8, 4) is 17.2 Å². The topological polar surface area (TPSA) is 157 Å². The fourth-order valence-electron chi connectivity index (χ4n) is 2.88. The summed E-state index contributed by atoms with van der Waals surface area (Å²) in [6.07, 6.45) is 1.25. The number of non-ortho nitro benzene ring substituents is 1. The predicted octanol–water partition coefficient (Wildman–Crippen LogP) is 3.91. The van der Waals surface area contributed by atoms with E-state index in [9.17, 15) is 29.8 Å². The van der Waals surface area contributed by atoms with E-state index in [2.05, 4.69) is 0 Å². The second-order valence-electron chi connectivity index (χ2n) is 7.14. The molecule has 0 bridgehead atoms. The van der Waals surface area contributed by atoms with Gasteiger partial charge in [0.25, 0.3) is 11.5 Å². The lowest BCUT2D eigenvalue weighted by molar-refractivity contribution is -0.394. The van der Waals surface area contributed by atoms with E-state index in [4.69, 9.17) is 18.9 Å². The van der Waals surface area contributed by atoms with Crippen LogP contribution in [0.3, 0.4) is 0 Å². The molecule has 12 heteroatoms. The minimum atomic E-state index is -1.38. The maximum Gasteiger partial charge on any atom is 0.348 e. The second kappa shape index (κ2) is 8.94. The van der Waals surface area contributed by atoms with Crippen molar-refractivity contribution in [1.82, 2.24) is 0 Å². The van der Waals surface area contributed by atoms with Crippen LogP contribution >= 0.6 is 0 Å². The number of nitrogens with zero attached hydrogens (tertiary/aromatic N) is 2. The summed E-state index contributed by atoms with van der Waals surface area (Å²) in [5, 5.41) is 22.3. The summed E-state index contributed by atoms with van der Waals surface area (Å²) >= 11 is 0. The van der Waals surface area contributed by atoms with Gasteiger partial charge in [-0.05, 0) is 36.8 Å². The summed E-state index contributed by atoms with van der Waals surface area (Å²) < 4.78 is 21.2. The molecule has 33 heavy (non-hydrogen) atoms. The molecule has 0 saturated carbocycles. The van der Waals surface area contributed by atoms with Crippen molar-refractivity contribution in [2.24, 2.45) is 0 Å². The van der Waals surface area contributed by atoms with Gasteiger partial charge in [0.2, 0.25) is 5.75 Å². The number of hydrogen-bond donors (Lipinski definition) is 0. The molecule has 1 aliphatic heterocycles. The molecule has 1 fully saturated rings. The van der Waals surface area contributed by atoms with Gasteiger partial charge in [0.05, 0.1) is 22.5 Å². The molecule has 1 aliphatic rings. The van der Waals surface area contributed by atoms with E-state index in [0.29, 0.717) is 5.56 Å². The van der Waals surface area contributed by atoms with E-state index < -0.39 is 38.9 Å². The van der Waals surface area contributed by atoms with Gasteiger partial charge in [0.15, 0.2) is 11.5 Å². The number of ether oxygens (including phenoxy) is 4. The van der Waals surface area contributed by atoms with E-state index in [1.807, 2.05) is 0 Å². The number of nitro benzene ring substituents is 2. The Morgan fingerprint density at radius 2 is 1.58 bits per heavy atom. The molecule has 1 saturated heterocycles. The summed E-state index contributed by atoms with van der Waals surface area (Å²) in [7, 11) is 0. The molecule has 0 N–H and O–H groups in total. The van der Waals surface area contributed by atoms with Gasteiger partial charge in [-0.25, -0.2) is 9.59 Å². The number of rotatable bonds is 7. The van der Waals surface area contributed by atoms with Gasteiger partial charge in [-0.1, -0.05) is 6.07 Å². The number of cyclic esters (lactones) is 2. The highest BCUT2D eigenvalue weighted by Crippen LogP contribution is 2.39. The summed E-state index contributed by atoms with van der Waals surface area (Å²) in [6.45, 7) is 4.75. The van der Waals surface area contributed by atoms with Gasteiger partial charge in [-0.15, -0.1) is 0 Å². The third-order valence-electron chi connectivity index (χ3n) is 4.27. The Labute approximate surface area is 186 Å². The van der Waals surface area contributed by atoms with Crippen molar-refractivity contribution in [2.75, 3.05) is 6.61 Å². The Bertz CT molecular complexity index is 1160. The standard InChI is InChI=1S/C21H18N2O10/c1-4-30-18-10-12(9-14-19(24)32-21(2,3)33-20(14)25)5-7-17(18)31-16-8-6-13(22(26)27)11-15(16)23(28)29/h5-11H,4H2,1-3H3. The van der Waals surface area contributed by atoms with Crippen LogP contribution < -0.4 is 9.47 Å². The highest BCUT2D eigenvalue weighted by Gasteiger charge is 2.38. The molecule has 2 aromatic carbocycles. The second-order valence-corrected chi connectivity index (χ2v) is 7.14. The number of carbonyl (C=O) groups is 2. The zero-order valence-corrected chi connectivity index (χ0v) is 17.7. The first-order valence-electron chi connectivity index (χ1n) is 9.56. The normalized spacial score (nSPS) is 14.7. The fraction of sp³-hybridized carbons (Fsp3) is 0.238. The Balaban J connectivity index is 1.96. The molecule has 0 atom stereocenters. The Morgan fingerprint density at radius 3 is 2.15 bits per heavy atom. The van der Waals surface area contributed by atoms with Crippen LogP contribution in [0.15, 0.2) is 42.0 Å². The number of hydrogen-bond acceptors (Lipinski definition) is 10. The van der Waals surface area contributed by atoms with Crippen molar-refractivity contribution < 1.29 is 38.4 Å². The first-order chi connectivity index (χ1) is 15.5. The summed E-state index contributed by atoms with van der Waals surface area (Å²) in [6, 6.07) is 7.30. The smallest absolute Gasteiger partial charge is 0.348 e. The monoisotopic (exact) mass is 458 g/mol.